The third kappa shape index (κ3) is 3.11. The van der Waals surface area contributed by atoms with E-state index in [-0.39, 0.29) is 5.54 Å². The smallest absolute Gasteiger partial charge is 0.118 e. The van der Waals surface area contributed by atoms with Gasteiger partial charge in [-0.3, -0.25) is 0 Å². The molecule has 0 saturated heterocycles. The summed E-state index contributed by atoms with van der Waals surface area (Å²) in [4.78, 5) is 0. The van der Waals surface area contributed by atoms with Crippen LogP contribution in [0.1, 0.15) is 51.5 Å². The van der Waals surface area contributed by atoms with Crippen molar-refractivity contribution in [1.82, 2.24) is 0 Å². The Labute approximate surface area is 117 Å². The van der Waals surface area contributed by atoms with Crippen LogP contribution in [-0.2, 0) is 5.54 Å². The number of ether oxygens (including phenoxy) is 1. The Morgan fingerprint density at radius 2 is 1.74 bits per heavy atom. The number of nitrogens with two attached hydrogens (primary N) is 1. The molecule has 1 saturated carbocycles. The van der Waals surface area contributed by atoms with Crippen LogP contribution in [0.4, 0.5) is 0 Å². The second kappa shape index (κ2) is 5.96. The lowest BCUT2D eigenvalue weighted by atomic mass is 9.70. The average Bonchev–Trinajstić information content (AvgIpc) is 2.47. The first-order valence-electron chi connectivity index (χ1n) is 7.51. The van der Waals surface area contributed by atoms with E-state index < -0.39 is 0 Å². The van der Waals surface area contributed by atoms with Crippen molar-refractivity contribution in [3.8, 4) is 5.75 Å². The molecule has 1 aromatic rings. The lowest BCUT2D eigenvalue weighted by Crippen LogP contribution is -2.42. The van der Waals surface area contributed by atoms with Gasteiger partial charge in [-0.1, -0.05) is 38.3 Å². The SMILES string of the molecule is CCC1CCC(C(C)(N)c2ccc(OC)cc2)CC1. The fourth-order valence-electron chi connectivity index (χ4n) is 3.36. The van der Waals surface area contributed by atoms with Crippen molar-refractivity contribution in [3.63, 3.8) is 0 Å². The molecule has 1 fully saturated rings. The minimum absolute atomic E-state index is 0.217. The molecule has 0 bridgehead atoms. The first-order valence-corrected chi connectivity index (χ1v) is 7.51. The Kier molecular flexibility index (Phi) is 4.51. The topological polar surface area (TPSA) is 35.2 Å². The molecule has 0 spiro atoms. The van der Waals surface area contributed by atoms with Gasteiger partial charge in [-0.2, -0.15) is 0 Å². The van der Waals surface area contributed by atoms with Crippen molar-refractivity contribution >= 4 is 0 Å². The molecule has 2 rings (SSSR count). The van der Waals surface area contributed by atoms with Gasteiger partial charge < -0.3 is 10.5 Å². The van der Waals surface area contributed by atoms with E-state index in [0.717, 1.165) is 11.7 Å². The summed E-state index contributed by atoms with van der Waals surface area (Å²) in [5, 5.41) is 0. The minimum Gasteiger partial charge on any atom is -0.497 e. The summed E-state index contributed by atoms with van der Waals surface area (Å²) < 4.78 is 5.22. The van der Waals surface area contributed by atoms with Crippen LogP contribution in [-0.4, -0.2) is 7.11 Å². The third-order valence-electron chi connectivity index (χ3n) is 4.98. The first kappa shape index (κ1) is 14.4. The minimum atomic E-state index is -0.217. The largest absolute Gasteiger partial charge is 0.497 e. The van der Waals surface area contributed by atoms with Crippen LogP contribution < -0.4 is 10.5 Å². The second-order valence-corrected chi connectivity index (χ2v) is 6.14. The number of hydrogen-bond donors (Lipinski definition) is 1. The number of hydrogen-bond acceptors (Lipinski definition) is 2. The maximum absolute atomic E-state index is 6.65. The van der Waals surface area contributed by atoms with Gasteiger partial charge >= 0.3 is 0 Å². The van der Waals surface area contributed by atoms with Crippen LogP contribution >= 0.6 is 0 Å². The molecule has 1 aromatic carbocycles. The molecular weight excluding hydrogens is 234 g/mol. The summed E-state index contributed by atoms with van der Waals surface area (Å²) in [6, 6.07) is 8.26. The third-order valence-corrected chi connectivity index (χ3v) is 4.98. The molecule has 2 N–H and O–H groups in total. The second-order valence-electron chi connectivity index (χ2n) is 6.14. The Bertz CT molecular complexity index is 388. The van der Waals surface area contributed by atoms with Crippen LogP contribution in [0.2, 0.25) is 0 Å². The molecule has 0 radical (unpaired) electrons. The Morgan fingerprint density at radius 3 is 2.21 bits per heavy atom. The highest BCUT2D eigenvalue weighted by molar-refractivity contribution is 5.31. The van der Waals surface area contributed by atoms with Crippen molar-refractivity contribution in [2.75, 3.05) is 7.11 Å². The lowest BCUT2D eigenvalue weighted by Gasteiger charge is -2.39. The fourth-order valence-corrected chi connectivity index (χ4v) is 3.36. The number of benzene rings is 1. The van der Waals surface area contributed by atoms with Gasteiger partial charge in [-0.05, 0) is 49.3 Å². The van der Waals surface area contributed by atoms with E-state index in [2.05, 4.69) is 26.0 Å². The number of rotatable bonds is 4. The predicted molar refractivity (Wildman–Crippen MR) is 80.3 cm³/mol. The van der Waals surface area contributed by atoms with E-state index in [4.69, 9.17) is 10.5 Å². The maximum atomic E-state index is 6.65. The summed E-state index contributed by atoms with van der Waals surface area (Å²) in [5.74, 6) is 2.42. The highest BCUT2D eigenvalue weighted by Gasteiger charge is 2.34. The molecule has 0 heterocycles. The normalized spacial score (nSPS) is 26.7. The molecule has 1 aliphatic rings. The summed E-state index contributed by atoms with van der Waals surface area (Å²) in [6.07, 6.45) is 6.51. The van der Waals surface area contributed by atoms with E-state index in [1.54, 1.807) is 7.11 Å². The van der Waals surface area contributed by atoms with Gasteiger partial charge in [0, 0.05) is 5.54 Å². The van der Waals surface area contributed by atoms with Crippen molar-refractivity contribution in [2.45, 2.75) is 51.5 Å². The first-order chi connectivity index (χ1) is 9.07. The summed E-state index contributed by atoms with van der Waals surface area (Å²) in [7, 11) is 1.70. The van der Waals surface area contributed by atoms with Gasteiger partial charge in [-0.15, -0.1) is 0 Å². The summed E-state index contributed by atoms with van der Waals surface area (Å²) >= 11 is 0. The monoisotopic (exact) mass is 261 g/mol. The van der Waals surface area contributed by atoms with Crippen molar-refractivity contribution in [1.29, 1.82) is 0 Å². The average molecular weight is 261 g/mol. The molecule has 0 amide bonds. The molecular formula is C17H27NO. The molecule has 106 valence electrons. The lowest BCUT2D eigenvalue weighted by molar-refractivity contribution is 0.183. The van der Waals surface area contributed by atoms with E-state index in [1.807, 2.05) is 12.1 Å². The van der Waals surface area contributed by atoms with Crippen LogP contribution in [0.5, 0.6) is 5.75 Å². The summed E-state index contributed by atoms with van der Waals surface area (Å²) in [5.41, 5.74) is 7.66. The van der Waals surface area contributed by atoms with Crippen molar-refractivity contribution in [3.05, 3.63) is 29.8 Å². The van der Waals surface area contributed by atoms with Crippen LogP contribution in [0.3, 0.4) is 0 Å². The zero-order valence-corrected chi connectivity index (χ0v) is 12.5. The maximum Gasteiger partial charge on any atom is 0.118 e. The molecule has 0 aliphatic heterocycles. The van der Waals surface area contributed by atoms with E-state index >= 15 is 0 Å². The molecule has 0 aromatic heterocycles. The van der Waals surface area contributed by atoms with Gasteiger partial charge in [0.2, 0.25) is 0 Å². The molecule has 19 heavy (non-hydrogen) atoms. The molecule has 2 heteroatoms. The Morgan fingerprint density at radius 1 is 1.16 bits per heavy atom. The highest BCUT2D eigenvalue weighted by Crippen LogP contribution is 2.40. The van der Waals surface area contributed by atoms with Gasteiger partial charge in [0.25, 0.3) is 0 Å². The van der Waals surface area contributed by atoms with Gasteiger partial charge in [0.05, 0.1) is 7.11 Å². The van der Waals surface area contributed by atoms with Gasteiger partial charge in [0.1, 0.15) is 5.75 Å². The zero-order chi connectivity index (χ0) is 13.9. The Balaban J connectivity index is 2.08. The fraction of sp³-hybridized carbons (Fsp3) is 0.647. The number of methoxy groups -OCH3 is 1. The van der Waals surface area contributed by atoms with E-state index in [0.29, 0.717) is 5.92 Å². The standard InChI is InChI=1S/C17H27NO/c1-4-13-5-7-14(8-6-13)17(2,18)15-9-11-16(19-3)12-10-15/h9-14H,4-8,18H2,1-3H3. The van der Waals surface area contributed by atoms with Gasteiger partial charge in [-0.25, -0.2) is 0 Å². The quantitative estimate of drug-likeness (QED) is 0.886. The van der Waals surface area contributed by atoms with Gasteiger partial charge in [0.15, 0.2) is 0 Å². The molecule has 1 aliphatic carbocycles. The van der Waals surface area contributed by atoms with Crippen molar-refractivity contribution in [2.24, 2.45) is 17.6 Å². The van der Waals surface area contributed by atoms with E-state index in [9.17, 15) is 0 Å². The molecule has 1 unspecified atom stereocenters. The molecule has 1 atom stereocenters. The zero-order valence-electron chi connectivity index (χ0n) is 12.5. The van der Waals surface area contributed by atoms with Crippen LogP contribution in [0.25, 0.3) is 0 Å². The Hall–Kier alpha value is -1.02. The van der Waals surface area contributed by atoms with Crippen LogP contribution in [0.15, 0.2) is 24.3 Å². The molecule has 2 nitrogen and oxygen atoms in total. The van der Waals surface area contributed by atoms with E-state index in [1.165, 1.54) is 37.7 Å². The predicted octanol–water partition coefficient (Wildman–Crippen LogP) is 4.09. The van der Waals surface area contributed by atoms with Crippen molar-refractivity contribution < 1.29 is 4.74 Å². The van der Waals surface area contributed by atoms with Crippen LogP contribution in [0, 0.1) is 11.8 Å². The summed E-state index contributed by atoms with van der Waals surface area (Å²) in [6.45, 7) is 4.49. The highest BCUT2D eigenvalue weighted by atomic mass is 16.5.